The van der Waals surface area contributed by atoms with E-state index in [9.17, 15) is 10.1 Å². The zero-order chi connectivity index (χ0) is 15.3. The molecule has 1 aromatic rings. The molecule has 0 amide bonds. The predicted molar refractivity (Wildman–Crippen MR) is 78.7 cm³/mol. The molecule has 5 heteroatoms. The van der Waals surface area contributed by atoms with Crippen LogP contribution in [0.1, 0.15) is 45.6 Å². The third kappa shape index (κ3) is 3.62. The van der Waals surface area contributed by atoms with Crippen molar-refractivity contribution in [2.75, 3.05) is 13.7 Å². The van der Waals surface area contributed by atoms with Crippen LogP contribution in [0.3, 0.4) is 0 Å². The highest BCUT2D eigenvalue weighted by Gasteiger charge is 2.25. The molecule has 1 aromatic carbocycles. The molecule has 0 aliphatic carbocycles. The monoisotopic (exact) mass is 281 g/mol. The first-order valence-corrected chi connectivity index (χ1v) is 6.91. The normalized spacial score (nSPS) is 12.3. The van der Waals surface area contributed by atoms with Crippen LogP contribution in [-0.4, -0.2) is 18.6 Å². The van der Waals surface area contributed by atoms with Crippen molar-refractivity contribution in [2.45, 2.75) is 40.0 Å². The van der Waals surface area contributed by atoms with E-state index in [2.05, 4.69) is 0 Å². The minimum Gasteiger partial charge on any atom is -0.493 e. The summed E-state index contributed by atoms with van der Waals surface area (Å²) in [6.07, 6.45) is 0.834. The third-order valence-corrected chi connectivity index (χ3v) is 3.46. The molecule has 1 atom stereocenters. The molecule has 0 bridgehead atoms. The van der Waals surface area contributed by atoms with Crippen LogP contribution in [0.2, 0.25) is 0 Å². The maximum Gasteiger partial charge on any atom is 0.276 e. The standard InChI is InChI=1S/C15H23NO4/c1-6-7-20-15-9-13(16(17)18)12(8-14(15)19-5)11(4)10(2)3/h8-11H,6-7H2,1-5H3. The summed E-state index contributed by atoms with van der Waals surface area (Å²) in [6, 6.07) is 3.20. The summed E-state index contributed by atoms with van der Waals surface area (Å²) in [6.45, 7) is 8.56. The SMILES string of the molecule is CCCOc1cc([N+](=O)[O-])c(C(C)C(C)C)cc1OC. The lowest BCUT2D eigenvalue weighted by Gasteiger charge is -2.18. The first-order chi connectivity index (χ1) is 9.42. The van der Waals surface area contributed by atoms with Gasteiger partial charge in [-0.2, -0.15) is 0 Å². The summed E-state index contributed by atoms with van der Waals surface area (Å²) >= 11 is 0. The summed E-state index contributed by atoms with van der Waals surface area (Å²) in [5, 5.41) is 11.3. The molecule has 0 heterocycles. The summed E-state index contributed by atoms with van der Waals surface area (Å²) in [5.74, 6) is 1.36. The molecule has 20 heavy (non-hydrogen) atoms. The molecule has 0 aliphatic rings. The van der Waals surface area contributed by atoms with Crippen LogP contribution in [0.5, 0.6) is 11.5 Å². The number of nitro benzene ring substituents is 1. The van der Waals surface area contributed by atoms with Crippen molar-refractivity contribution in [1.82, 2.24) is 0 Å². The fourth-order valence-electron chi connectivity index (χ4n) is 1.93. The van der Waals surface area contributed by atoms with E-state index >= 15 is 0 Å². The number of hydrogen-bond acceptors (Lipinski definition) is 4. The Morgan fingerprint density at radius 3 is 2.35 bits per heavy atom. The van der Waals surface area contributed by atoms with Crippen molar-refractivity contribution in [2.24, 2.45) is 5.92 Å². The molecule has 5 nitrogen and oxygen atoms in total. The first-order valence-electron chi connectivity index (χ1n) is 6.91. The van der Waals surface area contributed by atoms with Crippen LogP contribution in [0, 0.1) is 16.0 Å². The number of methoxy groups -OCH3 is 1. The Morgan fingerprint density at radius 1 is 1.25 bits per heavy atom. The lowest BCUT2D eigenvalue weighted by molar-refractivity contribution is -0.385. The summed E-state index contributed by atoms with van der Waals surface area (Å²) in [5.41, 5.74) is 0.781. The van der Waals surface area contributed by atoms with Gasteiger partial charge in [-0.25, -0.2) is 0 Å². The topological polar surface area (TPSA) is 61.6 Å². The average Bonchev–Trinajstić information content (AvgIpc) is 2.42. The van der Waals surface area contributed by atoms with Gasteiger partial charge in [0.25, 0.3) is 5.69 Å². The van der Waals surface area contributed by atoms with Gasteiger partial charge in [-0.15, -0.1) is 0 Å². The third-order valence-electron chi connectivity index (χ3n) is 3.46. The van der Waals surface area contributed by atoms with E-state index in [-0.39, 0.29) is 16.5 Å². The Labute approximate surface area is 120 Å². The lowest BCUT2D eigenvalue weighted by Crippen LogP contribution is -2.07. The van der Waals surface area contributed by atoms with Crippen molar-refractivity contribution in [1.29, 1.82) is 0 Å². The van der Waals surface area contributed by atoms with E-state index in [1.165, 1.54) is 6.07 Å². The van der Waals surface area contributed by atoms with Crippen LogP contribution in [0.25, 0.3) is 0 Å². The summed E-state index contributed by atoms with van der Waals surface area (Å²) in [7, 11) is 1.55. The van der Waals surface area contributed by atoms with Gasteiger partial charge in [0, 0.05) is 5.56 Å². The van der Waals surface area contributed by atoms with E-state index in [0.29, 0.717) is 29.6 Å². The van der Waals surface area contributed by atoms with Gasteiger partial charge in [-0.3, -0.25) is 10.1 Å². The van der Waals surface area contributed by atoms with Crippen molar-refractivity contribution in [3.05, 3.63) is 27.8 Å². The number of nitro groups is 1. The minimum atomic E-state index is -0.355. The molecule has 112 valence electrons. The van der Waals surface area contributed by atoms with E-state index in [1.54, 1.807) is 13.2 Å². The van der Waals surface area contributed by atoms with Crippen LogP contribution in [0.15, 0.2) is 12.1 Å². The highest BCUT2D eigenvalue weighted by Crippen LogP contribution is 2.40. The Balaban J connectivity index is 3.33. The zero-order valence-electron chi connectivity index (χ0n) is 12.8. The zero-order valence-corrected chi connectivity index (χ0v) is 12.8. The molecule has 1 rings (SSSR count). The Bertz CT molecular complexity index is 471. The molecule has 0 aromatic heterocycles. The summed E-state index contributed by atoms with van der Waals surface area (Å²) in [4.78, 5) is 10.9. The predicted octanol–water partition coefficient (Wildman–Crippen LogP) is 4.15. The number of rotatable bonds is 7. The quantitative estimate of drug-likeness (QED) is 0.556. The van der Waals surface area contributed by atoms with Crippen molar-refractivity contribution in [3.63, 3.8) is 0 Å². The minimum absolute atomic E-state index is 0.0736. The number of benzene rings is 1. The molecule has 0 fully saturated rings. The molecule has 0 radical (unpaired) electrons. The first kappa shape index (κ1) is 16.3. The molecule has 1 unspecified atom stereocenters. The van der Waals surface area contributed by atoms with Crippen LogP contribution < -0.4 is 9.47 Å². The van der Waals surface area contributed by atoms with Crippen molar-refractivity contribution < 1.29 is 14.4 Å². The van der Waals surface area contributed by atoms with Gasteiger partial charge in [0.2, 0.25) is 0 Å². The van der Waals surface area contributed by atoms with Gasteiger partial charge in [-0.05, 0) is 24.3 Å². The van der Waals surface area contributed by atoms with Gasteiger partial charge in [0.1, 0.15) is 0 Å². The van der Waals surface area contributed by atoms with Gasteiger partial charge in [0.15, 0.2) is 11.5 Å². The van der Waals surface area contributed by atoms with Gasteiger partial charge in [-0.1, -0.05) is 27.7 Å². The molecule has 0 N–H and O–H groups in total. The van der Waals surface area contributed by atoms with Crippen LogP contribution in [-0.2, 0) is 0 Å². The Morgan fingerprint density at radius 2 is 1.90 bits per heavy atom. The second-order valence-electron chi connectivity index (χ2n) is 5.20. The second kappa shape index (κ2) is 7.12. The molecular formula is C15H23NO4. The summed E-state index contributed by atoms with van der Waals surface area (Å²) < 4.78 is 10.8. The highest BCUT2D eigenvalue weighted by atomic mass is 16.6. The molecular weight excluding hydrogens is 258 g/mol. The highest BCUT2D eigenvalue weighted by molar-refractivity contribution is 5.55. The van der Waals surface area contributed by atoms with E-state index in [0.717, 1.165) is 6.42 Å². The Kier molecular flexibility index (Phi) is 5.80. The fourth-order valence-corrected chi connectivity index (χ4v) is 1.93. The number of hydrogen-bond donors (Lipinski definition) is 0. The fraction of sp³-hybridized carbons (Fsp3) is 0.600. The molecule has 0 saturated carbocycles. The van der Waals surface area contributed by atoms with Crippen molar-refractivity contribution in [3.8, 4) is 11.5 Å². The van der Waals surface area contributed by atoms with Crippen molar-refractivity contribution >= 4 is 5.69 Å². The van der Waals surface area contributed by atoms with E-state index in [1.807, 2.05) is 27.7 Å². The molecule has 0 aliphatic heterocycles. The number of nitrogens with zero attached hydrogens (tertiary/aromatic N) is 1. The maximum absolute atomic E-state index is 11.3. The Hall–Kier alpha value is -1.78. The number of ether oxygens (including phenoxy) is 2. The van der Waals surface area contributed by atoms with E-state index in [4.69, 9.17) is 9.47 Å². The van der Waals surface area contributed by atoms with Gasteiger partial charge < -0.3 is 9.47 Å². The maximum atomic E-state index is 11.3. The molecule has 0 saturated heterocycles. The van der Waals surface area contributed by atoms with Crippen LogP contribution >= 0.6 is 0 Å². The average molecular weight is 281 g/mol. The smallest absolute Gasteiger partial charge is 0.276 e. The molecule has 0 spiro atoms. The van der Waals surface area contributed by atoms with Crippen LogP contribution in [0.4, 0.5) is 5.69 Å². The largest absolute Gasteiger partial charge is 0.493 e. The van der Waals surface area contributed by atoms with Gasteiger partial charge in [0.05, 0.1) is 24.7 Å². The van der Waals surface area contributed by atoms with E-state index < -0.39 is 0 Å². The lowest BCUT2D eigenvalue weighted by atomic mass is 9.89. The van der Waals surface area contributed by atoms with Gasteiger partial charge >= 0.3 is 0 Å². The second-order valence-corrected chi connectivity index (χ2v) is 5.20.